The van der Waals surface area contributed by atoms with Crippen molar-refractivity contribution in [2.24, 2.45) is 4.99 Å². The SMILES string of the molecule is CN(C)CCN1CCC2(CC1)Nc1ccccc1N=C2NCc1cccc(Cl)c1. The van der Waals surface area contributed by atoms with E-state index in [-0.39, 0.29) is 5.54 Å². The van der Waals surface area contributed by atoms with Gasteiger partial charge >= 0.3 is 0 Å². The van der Waals surface area contributed by atoms with Crippen molar-refractivity contribution in [3.63, 3.8) is 0 Å². The molecule has 2 N–H and O–H groups in total. The Balaban J connectivity index is 1.52. The van der Waals surface area contributed by atoms with Gasteiger partial charge in [-0.15, -0.1) is 0 Å². The van der Waals surface area contributed by atoms with Gasteiger partial charge in [0.25, 0.3) is 0 Å². The van der Waals surface area contributed by atoms with Crippen molar-refractivity contribution < 1.29 is 0 Å². The molecule has 0 aliphatic carbocycles. The summed E-state index contributed by atoms with van der Waals surface area (Å²) in [6.07, 6.45) is 2.08. The molecule has 0 amide bonds. The molecule has 5 nitrogen and oxygen atoms in total. The van der Waals surface area contributed by atoms with Crippen LogP contribution in [-0.4, -0.2) is 61.4 Å². The Labute approximate surface area is 178 Å². The second-order valence-corrected chi connectivity index (χ2v) is 8.75. The van der Waals surface area contributed by atoms with Crippen LogP contribution in [-0.2, 0) is 6.54 Å². The molecule has 4 rings (SSSR count). The Morgan fingerprint density at radius 2 is 1.93 bits per heavy atom. The number of nitrogens with one attached hydrogen (secondary N) is 2. The minimum atomic E-state index is -0.137. The third-order valence-electron chi connectivity index (χ3n) is 5.89. The first-order chi connectivity index (χ1) is 14.0. The first kappa shape index (κ1) is 20.2. The summed E-state index contributed by atoms with van der Waals surface area (Å²) in [5.74, 6) is 1.04. The van der Waals surface area contributed by atoms with Gasteiger partial charge in [0.2, 0.25) is 0 Å². The molecule has 0 bridgehead atoms. The predicted molar refractivity (Wildman–Crippen MR) is 122 cm³/mol. The zero-order valence-electron chi connectivity index (χ0n) is 17.3. The number of nitrogens with zero attached hydrogens (tertiary/aromatic N) is 3. The van der Waals surface area contributed by atoms with E-state index in [0.717, 1.165) is 73.4 Å². The van der Waals surface area contributed by atoms with Crippen LogP contribution >= 0.6 is 11.6 Å². The van der Waals surface area contributed by atoms with Gasteiger partial charge in [-0.2, -0.15) is 0 Å². The van der Waals surface area contributed by atoms with E-state index in [1.54, 1.807) is 0 Å². The van der Waals surface area contributed by atoms with Gasteiger partial charge in [0.15, 0.2) is 0 Å². The smallest absolute Gasteiger partial charge is 0.128 e. The van der Waals surface area contributed by atoms with Crippen molar-refractivity contribution in [3.8, 4) is 0 Å². The van der Waals surface area contributed by atoms with Gasteiger partial charge in [0.05, 0.1) is 16.9 Å². The number of rotatable bonds is 5. The summed E-state index contributed by atoms with van der Waals surface area (Å²) in [7, 11) is 4.27. The van der Waals surface area contributed by atoms with Crippen molar-refractivity contribution in [1.82, 2.24) is 15.1 Å². The van der Waals surface area contributed by atoms with Gasteiger partial charge < -0.3 is 20.4 Å². The summed E-state index contributed by atoms with van der Waals surface area (Å²) in [5, 5.41) is 8.24. The molecule has 0 unspecified atom stereocenters. The molecule has 2 aliphatic heterocycles. The molecule has 2 aromatic carbocycles. The lowest BCUT2D eigenvalue weighted by Crippen LogP contribution is -2.59. The van der Waals surface area contributed by atoms with Crippen LogP contribution in [0.5, 0.6) is 0 Å². The van der Waals surface area contributed by atoms with Crippen LogP contribution in [0, 0.1) is 0 Å². The third kappa shape index (κ3) is 4.74. The fourth-order valence-electron chi connectivity index (χ4n) is 4.12. The fourth-order valence-corrected chi connectivity index (χ4v) is 4.34. The Bertz CT molecular complexity index is 871. The fraction of sp³-hybridized carbons (Fsp3) is 0.435. The summed E-state index contributed by atoms with van der Waals surface area (Å²) in [6, 6.07) is 16.3. The van der Waals surface area contributed by atoms with Crippen LogP contribution in [0.3, 0.4) is 0 Å². The molecule has 0 aromatic heterocycles. The number of likely N-dealkylation sites (N-methyl/N-ethyl adjacent to an activating group) is 1. The Kier molecular flexibility index (Phi) is 6.09. The van der Waals surface area contributed by atoms with Gasteiger partial charge in [-0.05, 0) is 56.8 Å². The molecular formula is C23H30ClN5. The molecule has 29 heavy (non-hydrogen) atoms. The Morgan fingerprint density at radius 1 is 1.14 bits per heavy atom. The highest BCUT2D eigenvalue weighted by atomic mass is 35.5. The van der Waals surface area contributed by atoms with Crippen LogP contribution in [0.1, 0.15) is 18.4 Å². The number of halogens is 1. The lowest BCUT2D eigenvalue weighted by Gasteiger charge is -2.45. The monoisotopic (exact) mass is 411 g/mol. The lowest BCUT2D eigenvalue weighted by atomic mass is 9.84. The highest BCUT2D eigenvalue weighted by Gasteiger charge is 2.41. The molecule has 0 saturated carbocycles. The van der Waals surface area contributed by atoms with Gasteiger partial charge in [0, 0.05) is 37.7 Å². The second-order valence-electron chi connectivity index (χ2n) is 8.31. The summed E-state index contributed by atoms with van der Waals surface area (Å²) in [5.41, 5.74) is 3.16. The van der Waals surface area contributed by atoms with Gasteiger partial charge in [-0.1, -0.05) is 35.9 Å². The minimum Gasteiger partial charge on any atom is -0.371 e. The third-order valence-corrected chi connectivity index (χ3v) is 6.12. The van der Waals surface area contributed by atoms with Crippen LogP contribution in [0.15, 0.2) is 53.5 Å². The van der Waals surface area contributed by atoms with Crippen molar-refractivity contribution in [2.75, 3.05) is 45.6 Å². The van der Waals surface area contributed by atoms with Gasteiger partial charge in [-0.3, -0.25) is 0 Å². The number of fused-ring (bicyclic) bond motifs is 1. The van der Waals surface area contributed by atoms with Gasteiger partial charge in [-0.25, -0.2) is 4.99 Å². The van der Waals surface area contributed by atoms with E-state index < -0.39 is 0 Å². The Hall–Kier alpha value is -2.08. The number of anilines is 1. The molecule has 1 saturated heterocycles. The van der Waals surface area contributed by atoms with Crippen molar-refractivity contribution >= 4 is 28.8 Å². The normalized spacial score (nSPS) is 18.3. The maximum Gasteiger partial charge on any atom is 0.128 e. The first-order valence-electron chi connectivity index (χ1n) is 10.4. The van der Waals surface area contributed by atoms with Gasteiger partial charge in [0.1, 0.15) is 5.84 Å². The van der Waals surface area contributed by atoms with Crippen LogP contribution in [0.2, 0.25) is 5.02 Å². The van der Waals surface area contributed by atoms with Crippen LogP contribution < -0.4 is 10.6 Å². The summed E-state index contributed by atoms with van der Waals surface area (Å²) >= 11 is 6.16. The topological polar surface area (TPSA) is 42.9 Å². The highest BCUT2D eigenvalue weighted by molar-refractivity contribution is 6.30. The molecule has 6 heteroatoms. The minimum absolute atomic E-state index is 0.137. The van der Waals surface area contributed by atoms with Crippen molar-refractivity contribution in [2.45, 2.75) is 24.9 Å². The average Bonchev–Trinajstić information content (AvgIpc) is 2.72. The lowest BCUT2D eigenvalue weighted by molar-refractivity contribution is 0.183. The second kappa shape index (κ2) is 8.74. The van der Waals surface area contributed by atoms with E-state index in [1.807, 2.05) is 24.3 Å². The predicted octanol–water partition coefficient (Wildman–Crippen LogP) is 3.98. The highest BCUT2D eigenvalue weighted by Crippen LogP contribution is 2.38. The van der Waals surface area contributed by atoms with E-state index >= 15 is 0 Å². The van der Waals surface area contributed by atoms with E-state index in [0.29, 0.717) is 0 Å². The molecule has 0 radical (unpaired) electrons. The number of aliphatic imine (C=N–C) groups is 1. The summed E-state index contributed by atoms with van der Waals surface area (Å²) < 4.78 is 0. The number of piperidine rings is 1. The average molecular weight is 412 g/mol. The Morgan fingerprint density at radius 3 is 2.69 bits per heavy atom. The number of benzene rings is 2. The molecule has 2 aromatic rings. The molecule has 1 spiro atoms. The summed E-state index contributed by atoms with van der Waals surface area (Å²) in [4.78, 5) is 9.85. The summed E-state index contributed by atoms with van der Waals surface area (Å²) in [6.45, 7) is 5.07. The molecular weight excluding hydrogens is 382 g/mol. The molecule has 154 valence electrons. The van der Waals surface area contributed by atoms with E-state index in [4.69, 9.17) is 16.6 Å². The quantitative estimate of drug-likeness (QED) is 0.780. The van der Waals surface area contributed by atoms with E-state index in [2.05, 4.69) is 58.8 Å². The van der Waals surface area contributed by atoms with Crippen LogP contribution in [0.4, 0.5) is 11.4 Å². The molecule has 2 heterocycles. The molecule has 1 fully saturated rings. The maximum atomic E-state index is 6.16. The van der Waals surface area contributed by atoms with E-state index in [9.17, 15) is 0 Å². The van der Waals surface area contributed by atoms with Crippen LogP contribution in [0.25, 0.3) is 0 Å². The largest absolute Gasteiger partial charge is 0.371 e. The number of amidine groups is 1. The van der Waals surface area contributed by atoms with Crippen molar-refractivity contribution in [3.05, 3.63) is 59.1 Å². The molecule has 2 aliphatic rings. The number of hydrogen-bond donors (Lipinski definition) is 2. The number of para-hydroxylation sites is 2. The number of likely N-dealkylation sites (tertiary alicyclic amines) is 1. The number of hydrogen-bond acceptors (Lipinski definition) is 5. The first-order valence-corrected chi connectivity index (χ1v) is 10.7. The van der Waals surface area contributed by atoms with Crippen molar-refractivity contribution in [1.29, 1.82) is 0 Å². The zero-order chi connectivity index (χ0) is 20.3. The maximum absolute atomic E-state index is 6.16. The van der Waals surface area contributed by atoms with E-state index in [1.165, 1.54) is 0 Å². The standard InChI is InChI=1S/C23H30ClN5/c1-28(2)14-15-29-12-10-23(11-13-29)22(25-17-18-6-5-7-19(24)16-18)26-20-8-3-4-9-21(20)27-23/h3-9,16,27H,10-15,17H2,1-2H3,(H,25,26). The zero-order valence-corrected chi connectivity index (χ0v) is 18.0. The molecule has 0 atom stereocenters.